The molecule has 0 aliphatic heterocycles. The van der Waals surface area contributed by atoms with Crippen molar-refractivity contribution >= 4 is 33.9 Å². The maximum absolute atomic E-state index is 6.76. The second kappa shape index (κ2) is 7.66. The van der Waals surface area contributed by atoms with Gasteiger partial charge in [0.05, 0.1) is 5.52 Å². The van der Waals surface area contributed by atoms with Gasteiger partial charge in [-0.25, -0.2) is 4.98 Å². The van der Waals surface area contributed by atoms with Gasteiger partial charge in [0.2, 0.25) is 0 Å². The van der Waals surface area contributed by atoms with Crippen LogP contribution in [0, 0.1) is 27.7 Å². The molecule has 0 aliphatic carbocycles. The summed E-state index contributed by atoms with van der Waals surface area (Å²) in [7, 11) is 0. The molecule has 0 spiro atoms. The highest BCUT2D eigenvalue weighted by molar-refractivity contribution is 6.30. The molecule has 0 bridgehead atoms. The van der Waals surface area contributed by atoms with Gasteiger partial charge in [0.1, 0.15) is 5.15 Å². The third kappa shape index (κ3) is 3.50. The molecule has 3 aromatic carbocycles. The second-order valence-corrected chi connectivity index (χ2v) is 8.49. The number of benzene rings is 3. The summed E-state index contributed by atoms with van der Waals surface area (Å²) >= 11 is 6.76. The van der Waals surface area contributed by atoms with E-state index in [4.69, 9.17) is 23.1 Å². The van der Waals surface area contributed by atoms with E-state index in [0.29, 0.717) is 5.15 Å². The third-order valence-corrected chi connectivity index (χ3v) is 6.22. The Labute approximate surface area is 182 Å². The van der Waals surface area contributed by atoms with Gasteiger partial charge < -0.3 is 11.5 Å². The van der Waals surface area contributed by atoms with E-state index in [1.807, 2.05) is 45.9 Å². The van der Waals surface area contributed by atoms with E-state index in [0.717, 1.165) is 61.2 Å². The standard InChI is InChI=1S/C26H26ClN3/c1-14-9-19(10-15(2)24(14)28)23(20-11-16(3)25(29)17(4)12-20)21-13-18-7-5-6-8-22(18)30-26(21)27/h5-13,23H,28-29H2,1-4H3. The SMILES string of the molecule is Cc1cc(C(c2cc(C)c(N)c(C)c2)c2cc3ccccc3nc2Cl)cc(C)c1N. The fourth-order valence-corrected chi connectivity index (χ4v) is 4.47. The van der Waals surface area contributed by atoms with Crippen LogP contribution in [-0.4, -0.2) is 4.98 Å². The molecule has 0 fully saturated rings. The molecule has 4 heteroatoms. The van der Waals surface area contributed by atoms with Crippen LogP contribution in [0.15, 0.2) is 54.6 Å². The molecule has 0 saturated heterocycles. The van der Waals surface area contributed by atoms with Gasteiger partial charge in [-0.05, 0) is 73.2 Å². The van der Waals surface area contributed by atoms with Crippen molar-refractivity contribution in [2.24, 2.45) is 0 Å². The molecule has 0 saturated carbocycles. The van der Waals surface area contributed by atoms with Crippen LogP contribution < -0.4 is 11.5 Å². The molecular weight excluding hydrogens is 390 g/mol. The lowest BCUT2D eigenvalue weighted by atomic mass is 9.82. The van der Waals surface area contributed by atoms with E-state index in [1.54, 1.807) is 0 Å². The van der Waals surface area contributed by atoms with Gasteiger partial charge in [-0.1, -0.05) is 54.1 Å². The number of aromatic nitrogens is 1. The van der Waals surface area contributed by atoms with Crippen molar-refractivity contribution in [2.45, 2.75) is 33.6 Å². The molecule has 30 heavy (non-hydrogen) atoms. The van der Waals surface area contributed by atoms with Crippen molar-refractivity contribution in [3.8, 4) is 0 Å². The van der Waals surface area contributed by atoms with Crippen LogP contribution in [0.3, 0.4) is 0 Å². The Kier molecular flexibility index (Phi) is 5.17. The first-order chi connectivity index (χ1) is 14.3. The molecule has 0 radical (unpaired) electrons. The van der Waals surface area contributed by atoms with Crippen molar-refractivity contribution in [1.82, 2.24) is 4.98 Å². The highest BCUT2D eigenvalue weighted by atomic mass is 35.5. The zero-order chi connectivity index (χ0) is 21.6. The largest absolute Gasteiger partial charge is 0.398 e. The topological polar surface area (TPSA) is 64.9 Å². The zero-order valence-electron chi connectivity index (χ0n) is 17.8. The fraction of sp³-hybridized carbons (Fsp3) is 0.192. The molecule has 4 aromatic rings. The third-order valence-electron chi connectivity index (χ3n) is 5.91. The summed E-state index contributed by atoms with van der Waals surface area (Å²) in [5, 5.41) is 1.58. The Morgan fingerprint density at radius 3 is 1.70 bits per heavy atom. The average molecular weight is 416 g/mol. The summed E-state index contributed by atoms with van der Waals surface area (Å²) in [6.07, 6.45) is 0. The fourth-order valence-electron chi connectivity index (χ4n) is 4.21. The predicted molar refractivity (Wildman–Crippen MR) is 128 cm³/mol. The Hall–Kier alpha value is -3.04. The van der Waals surface area contributed by atoms with Gasteiger partial charge in [0, 0.05) is 28.2 Å². The van der Waals surface area contributed by atoms with Crippen LogP contribution in [0.1, 0.15) is 44.9 Å². The van der Waals surface area contributed by atoms with Gasteiger partial charge in [-0.15, -0.1) is 0 Å². The first kappa shape index (κ1) is 20.2. The lowest BCUT2D eigenvalue weighted by Gasteiger charge is -2.23. The number of para-hydroxylation sites is 1. The van der Waals surface area contributed by atoms with Gasteiger partial charge in [-0.2, -0.15) is 0 Å². The summed E-state index contributed by atoms with van der Waals surface area (Å²) in [6, 6.07) is 18.8. The van der Waals surface area contributed by atoms with Crippen LogP contribution >= 0.6 is 11.6 Å². The van der Waals surface area contributed by atoms with E-state index < -0.39 is 0 Å². The summed E-state index contributed by atoms with van der Waals surface area (Å²) in [5.74, 6) is -0.0781. The Morgan fingerprint density at radius 1 is 0.733 bits per heavy atom. The minimum absolute atomic E-state index is 0.0781. The molecule has 1 heterocycles. The summed E-state index contributed by atoms with van der Waals surface area (Å²) in [4.78, 5) is 4.69. The summed E-state index contributed by atoms with van der Waals surface area (Å²) in [5.41, 5.74) is 22.5. The number of anilines is 2. The monoisotopic (exact) mass is 415 g/mol. The second-order valence-electron chi connectivity index (χ2n) is 8.13. The number of hydrogen-bond donors (Lipinski definition) is 2. The van der Waals surface area contributed by atoms with Crippen molar-refractivity contribution in [3.05, 3.63) is 98.7 Å². The molecule has 3 nitrogen and oxygen atoms in total. The highest BCUT2D eigenvalue weighted by Gasteiger charge is 2.23. The molecule has 1 aromatic heterocycles. The number of fused-ring (bicyclic) bond motifs is 1. The van der Waals surface area contributed by atoms with Crippen LogP contribution in [0.4, 0.5) is 11.4 Å². The number of halogens is 1. The van der Waals surface area contributed by atoms with Crippen molar-refractivity contribution in [3.63, 3.8) is 0 Å². The molecule has 0 unspecified atom stereocenters. The van der Waals surface area contributed by atoms with Gasteiger partial charge >= 0.3 is 0 Å². The average Bonchev–Trinajstić information content (AvgIpc) is 2.70. The van der Waals surface area contributed by atoms with Crippen molar-refractivity contribution in [1.29, 1.82) is 0 Å². The number of aryl methyl sites for hydroxylation is 4. The van der Waals surface area contributed by atoms with E-state index in [1.165, 1.54) is 0 Å². The first-order valence-corrected chi connectivity index (χ1v) is 10.4. The van der Waals surface area contributed by atoms with Crippen LogP contribution in [0.25, 0.3) is 10.9 Å². The lowest BCUT2D eigenvalue weighted by Crippen LogP contribution is -2.09. The molecule has 152 valence electrons. The molecule has 4 rings (SSSR count). The van der Waals surface area contributed by atoms with Crippen LogP contribution in [0.2, 0.25) is 5.15 Å². The quantitative estimate of drug-likeness (QED) is 0.298. The smallest absolute Gasteiger partial charge is 0.133 e. The molecule has 0 aliphatic rings. The van der Waals surface area contributed by atoms with E-state index >= 15 is 0 Å². The maximum atomic E-state index is 6.76. The predicted octanol–water partition coefficient (Wildman–Crippen LogP) is 6.47. The number of nitrogen functional groups attached to an aromatic ring is 2. The van der Waals surface area contributed by atoms with Crippen molar-refractivity contribution < 1.29 is 0 Å². The highest BCUT2D eigenvalue weighted by Crippen LogP contribution is 2.39. The minimum atomic E-state index is -0.0781. The first-order valence-electron chi connectivity index (χ1n) is 10.0. The Morgan fingerprint density at radius 2 is 1.20 bits per heavy atom. The minimum Gasteiger partial charge on any atom is -0.398 e. The van der Waals surface area contributed by atoms with E-state index in [-0.39, 0.29) is 5.92 Å². The molecule has 4 N–H and O–H groups in total. The number of pyridine rings is 1. The maximum Gasteiger partial charge on any atom is 0.133 e. The number of hydrogen-bond acceptors (Lipinski definition) is 3. The number of rotatable bonds is 3. The Bertz CT molecular complexity index is 1170. The lowest BCUT2D eigenvalue weighted by molar-refractivity contribution is 0.959. The van der Waals surface area contributed by atoms with Gasteiger partial charge in [0.25, 0.3) is 0 Å². The van der Waals surface area contributed by atoms with Crippen LogP contribution in [0.5, 0.6) is 0 Å². The molecular formula is C26H26ClN3. The van der Waals surface area contributed by atoms with Crippen LogP contribution in [-0.2, 0) is 0 Å². The van der Waals surface area contributed by atoms with E-state index in [2.05, 4.69) is 41.4 Å². The van der Waals surface area contributed by atoms with Crippen molar-refractivity contribution in [2.75, 3.05) is 11.5 Å². The van der Waals surface area contributed by atoms with E-state index in [9.17, 15) is 0 Å². The van der Waals surface area contributed by atoms with Gasteiger partial charge in [-0.3, -0.25) is 0 Å². The normalized spacial score (nSPS) is 11.4. The number of nitrogens with two attached hydrogens (primary N) is 2. The summed E-state index contributed by atoms with van der Waals surface area (Å²) < 4.78 is 0. The molecule has 0 amide bonds. The summed E-state index contributed by atoms with van der Waals surface area (Å²) in [6.45, 7) is 8.18. The number of nitrogens with zero attached hydrogens (tertiary/aromatic N) is 1. The zero-order valence-corrected chi connectivity index (χ0v) is 18.5. The van der Waals surface area contributed by atoms with Gasteiger partial charge in [0.15, 0.2) is 0 Å². The Balaban J connectivity index is 2.03. The molecule has 0 atom stereocenters.